The smallest absolute Gasteiger partial charge is 0.231 e. The largest absolute Gasteiger partial charge is 0.454 e. The van der Waals surface area contributed by atoms with Crippen LogP contribution in [0, 0.1) is 6.92 Å². The Hall–Kier alpha value is -3.12. The zero-order valence-corrected chi connectivity index (χ0v) is 16.7. The lowest BCUT2D eigenvalue weighted by Crippen LogP contribution is -2.18. The molecule has 3 aromatic carbocycles. The average Bonchev–Trinajstić information content (AvgIpc) is 3.20. The zero-order valence-electron chi connectivity index (χ0n) is 15.9. The molecule has 29 heavy (non-hydrogen) atoms. The summed E-state index contributed by atoms with van der Waals surface area (Å²) in [7, 11) is -3.81. The summed E-state index contributed by atoms with van der Waals surface area (Å²) in [5, 5.41) is -1.03. The van der Waals surface area contributed by atoms with Crippen molar-refractivity contribution in [2.75, 3.05) is 6.79 Å². The molecule has 0 aromatic heterocycles. The summed E-state index contributed by atoms with van der Waals surface area (Å²) in [4.78, 5) is 13.1. The Kier molecular flexibility index (Phi) is 5.11. The maximum atomic E-state index is 13.5. The summed E-state index contributed by atoms with van der Waals surface area (Å²) >= 11 is 0. The maximum absolute atomic E-state index is 13.5. The Labute approximate surface area is 169 Å². The SMILES string of the molecule is Cc1ccc(S(=O)(=O)C(CC(=O)c2ccccc2)c2ccc3c(c2)OCO3)cc1. The van der Waals surface area contributed by atoms with Gasteiger partial charge in [-0.3, -0.25) is 4.79 Å². The van der Waals surface area contributed by atoms with Gasteiger partial charge >= 0.3 is 0 Å². The van der Waals surface area contributed by atoms with Gasteiger partial charge in [0, 0.05) is 12.0 Å². The first-order chi connectivity index (χ1) is 13.9. The van der Waals surface area contributed by atoms with E-state index in [0.717, 1.165) is 5.56 Å². The first kappa shape index (κ1) is 19.2. The highest BCUT2D eigenvalue weighted by molar-refractivity contribution is 7.91. The van der Waals surface area contributed by atoms with Crippen LogP contribution in [0.1, 0.15) is 33.2 Å². The monoisotopic (exact) mass is 408 g/mol. The molecular formula is C23H20O5S. The van der Waals surface area contributed by atoms with Crippen LogP contribution in [0.25, 0.3) is 0 Å². The third kappa shape index (κ3) is 3.89. The van der Waals surface area contributed by atoms with Crippen LogP contribution in [0.2, 0.25) is 0 Å². The fourth-order valence-corrected chi connectivity index (χ4v) is 5.04. The van der Waals surface area contributed by atoms with Gasteiger partial charge < -0.3 is 9.47 Å². The molecule has 0 spiro atoms. The van der Waals surface area contributed by atoms with Crippen LogP contribution >= 0.6 is 0 Å². The number of sulfone groups is 1. The number of fused-ring (bicyclic) bond motifs is 1. The van der Waals surface area contributed by atoms with Crippen molar-refractivity contribution in [3.63, 3.8) is 0 Å². The van der Waals surface area contributed by atoms with Crippen LogP contribution in [0.5, 0.6) is 11.5 Å². The summed E-state index contributed by atoms with van der Waals surface area (Å²) in [6.07, 6.45) is -0.167. The van der Waals surface area contributed by atoms with Crippen molar-refractivity contribution in [2.24, 2.45) is 0 Å². The highest BCUT2D eigenvalue weighted by atomic mass is 32.2. The van der Waals surface area contributed by atoms with Crippen LogP contribution in [-0.2, 0) is 9.84 Å². The number of Topliss-reactive ketones (excluding diaryl/α,β-unsaturated/α-hetero) is 1. The molecule has 5 nitrogen and oxygen atoms in total. The first-order valence-electron chi connectivity index (χ1n) is 9.23. The van der Waals surface area contributed by atoms with Gasteiger partial charge in [-0.1, -0.05) is 54.1 Å². The Balaban J connectivity index is 1.76. The number of benzene rings is 3. The molecule has 0 amide bonds. The van der Waals surface area contributed by atoms with E-state index in [2.05, 4.69) is 0 Å². The molecule has 1 aliphatic heterocycles. The Bertz CT molecular complexity index is 1140. The number of ketones is 1. The molecular weight excluding hydrogens is 388 g/mol. The topological polar surface area (TPSA) is 69.7 Å². The van der Waals surface area contributed by atoms with Gasteiger partial charge in [-0.25, -0.2) is 8.42 Å². The van der Waals surface area contributed by atoms with Crippen molar-refractivity contribution >= 4 is 15.6 Å². The summed E-state index contributed by atoms with van der Waals surface area (Å²) in [5.41, 5.74) is 1.94. The van der Waals surface area contributed by atoms with Crippen LogP contribution < -0.4 is 9.47 Å². The fraction of sp³-hybridized carbons (Fsp3) is 0.174. The van der Waals surface area contributed by atoms with Crippen molar-refractivity contribution < 1.29 is 22.7 Å². The summed E-state index contributed by atoms with van der Waals surface area (Å²) < 4.78 is 37.7. The van der Waals surface area contributed by atoms with Gasteiger partial charge in [0.1, 0.15) is 0 Å². The first-order valence-corrected chi connectivity index (χ1v) is 10.8. The Morgan fingerprint density at radius 3 is 2.34 bits per heavy atom. The van der Waals surface area contributed by atoms with E-state index in [0.29, 0.717) is 22.6 Å². The highest BCUT2D eigenvalue weighted by Crippen LogP contribution is 2.39. The van der Waals surface area contributed by atoms with Crippen LogP contribution in [-0.4, -0.2) is 21.0 Å². The lowest BCUT2D eigenvalue weighted by molar-refractivity contribution is 0.0980. The maximum Gasteiger partial charge on any atom is 0.231 e. The second-order valence-electron chi connectivity index (χ2n) is 6.95. The Morgan fingerprint density at radius 2 is 1.62 bits per heavy atom. The zero-order chi connectivity index (χ0) is 20.4. The normalized spacial score (nSPS) is 13.8. The molecule has 3 aromatic rings. The predicted molar refractivity (Wildman–Crippen MR) is 109 cm³/mol. The van der Waals surface area contributed by atoms with Gasteiger partial charge in [-0.2, -0.15) is 0 Å². The minimum atomic E-state index is -3.81. The standard InChI is InChI=1S/C23H20O5S/c1-16-7-10-19(11-8-16)29(25,26)23(14-20(24)17-5-3-2-4-6-17)18-9-12-21-22(13-18)28-15-27-21/h2-13,23H,14-15H2,1H3. The summed E-state index contributed by atoms with van der Waals surface area (Å²) in [6, 6.07) is 20.4. The highest BCUT2D eigenvalue weighted by Gasteiger charge is 2.32. The molecule has 0 N–H and O–H groups in total. The van der Waals surface area contributed by atoms with Gasteiger partial charge in [0.2, 0.25) is 6.79 Å². The van der Waals surface area contributed by atoms with Crippen LogP contribution in [0.3, 0.4) is 0 Å². The molecule has 148 valence electrons. The quantitative estimate of drug-likeness (QED) is 0.561. The molecule has 0 radical (unpaired) electrons. The molecule has 6 heteroatoms. The molecule has 1 atom stereocenters. The summed E-state index contributed by atoms with van der Waals surface area (Å²) in [6.45, 7) is 1.99. The molecule has 0 bridgehead atoms. The minimum absolute atomic E-state index is 0.0944. The van der Waals surface area contributed by atoms with E-state index in [-0.39, 0.29) is 23.9 Å². The molecule has 1 aliphatic rings. The molecule has 1 heterocycles. The third-order valence-electron chi connectivity index (χ3n) is 4.96. The number of hydrogen-bond acceptors (Lipinski definition) is 5. The molecule has 0 saturated carbocycles. The van der Waals surface area contributed by atoms with E-state index in [1.165, 1.54) is 0 Å². The average molecular weight is 408 g/mol. The third-order valence-corrected chi connectivity index (χ3v) is 7.08. The lowest BCUT2D eigenvalue weighted by atomic mass is 10.0. The molecule has 0 aliphatic carbocycles. The number of ether oxygens (including phenoxy) is 2. The van der Waals surface area contributed by atoms with Gasteiger partial charge in [0.25, 0.3) is 0 Å². The van der Waals surface area contributed by atoms with Gasteiger partial charge in [0.15, 0.2) is 27.1 Å². The van der Waals surface area contributed by atoms with Crippen LogP contribution in [0.4, 0.5) is 0 Å². The van der Waals surface area contributed by atoms with E-state index in [9.17, 15) is 13.2 Å². The van der Waals surface area contributed by atoms with E-state index < -0.39 is 15.1 Å². The second kappa shape index (κ2) is 7.72. The minimum Gasteiger partial charge on any atom is -0.454 e. The number of rotatable bonds is 6. The van der Waals surface area contributed by atoms with Crippen molar-refractivity contribution in [1.29, 1.82) is 0 Å². The number of carbonyl (C=O) groups is 1. The number of carbonyl (C=O) groups excluding carboxylic acids is 1. The second-order valence-corrected chi connectivity index (χ2v) is 9.08. The van der Waals surface area contributed by atoms with E-state index >= 15 is 0 Å². The van der Waals surface area contributed by atoms with Crippen molar-refractivity contribution in [2.45, 2.75) is 23.5 Å². The van der Waals surface area contributed by atoms with E-state index in [1.54, 1.807) is 66.7 Å². The molecule has 0 saturated heterocycles. The van der Waals surface area contributed by atoms with Crippen molar-refractivity contribution in [3.05, 3.63) is 89.5 Å². The van der Waals surface area contributed by atoms with Crippen molar-refractivity contribution in [3.8, 4) is 11.5 Å². The van der Waals surface area contributed by atoms with Gasteiger partial charge in [-0.05, 0) is 36.8 Å². The molecule has 1 unspecified atom stereocenters. The summed E-state index contributed by atoms with van der Waals surface area (Å²) in [5.74, 6) is 0.817. The van der Waals surface area contributed by atoms with Gasteiger partial charge in [0.05, 0.1) is 10.1 Å². The van der Waals surface area contributed by atoms with Gasteiger partial charge in [-0.15, -0.1) is 0 Å². The number of hydrogen-bond donors (Lipinski definition) is 0. The lowest BCUT2D eigenvalue weighted by Gasteiger charge is -2.18. The predicted octanol–water partition coefficient (Wildman–Crippen LogP) is 4.51. The van der Waals surface area contributed by atoms with E-state index in [1.807, 2.05) is 13.0 Å². The fourth-order valence-electron chi connectivity index (χ4n) is 3.32. The van der Waals surface area contributed by atoms with E-state index in [4.69, 9.17) is 9.47 Å². The molecule has 0 fully saturated rings. The van der Waals surface area contributed by atoms with Crippen molar-refractivity contribution in [1.82, 2.24) is 0 Å². The Morgan fingerprint density at radius 1 is 0.931 bits per heavy atom. The number of aryl methyl sites for hydroxylation is 1. The van der Waals surface area contributed by atoms with Crippen LogP contribution in [0.15, 0.2) is 77.7 Å². The molecule has 4 rings (SSSR count).